The Kier molecular flexibility index (Phi) is 5.11. The van der Waals surface area contributed by atoms with E-state index in [2.05, 4.69) is 5.32 Å². The highest BCUT2D eigenvalue weighted by Gasteiger charge is 2.23. The van der Waals surface area contributed by atoms with Gasteiger partial charge in [0.1, 0.15) is 6.04 Å². The molecule has 5 heteroatoms. The van der Waals surface area contributed by atoms with E-state index in [1.54, 1.807) is 11.8 Å². The summed E-state index contributed by atoms with van der Waals surface area (Å²) in [5.74, 6) is -0.190. The van der Waals surface area contributed by atoms with Gasteiger partial charge in [0.15, 0.2) is 0 Å². The molecular formula is C19H22N2O3. The first-order valence-electron chi connectivity index (χ1n) is 8.27. The molecule has 2 aromatic carbocycles. The van der Waals surface area contributed by atoms with Gasteiger partial charge in [-0.05, 0) is 23.3 Å². The molecule has 1 N–H and O–H groups in total. The Balaban J connectivity index is 1.58. The first-order chi connectivity index (χ1) is 11.6. The fraction of sp³-hybridized carbons (Fsp3) is 0.368. The van der Waals surface area contributed by atoms with Crippen LogP contribution in [-0.2, 0) is 20.7 Å². The molecule has 0 unspecified atom stereocenters. The normalized spacial score (nSPS) is 16.0. The smallest absolute Gasteiger partial charge is 0.245 e. The number of morpholine rings is 1. The summed E-state index contributed by atoms with van der Waals surface area (Å²) < 4.78 is 5.24. The summed E-state index contributed by atoms with van der Waals surface area (Å²) in [7, 11) is 0. The molecule has 0 bridgehead atoms. The highest BCUT2D eigenvalue weighted by molar-refractivity contribution is 5.89. The van der Waals surface area contributed by atoms with Crippen LogP contribution in [0.5, 0.6) is 0 Å². The number of nitrogens with zero attached hydrogens (tertiary/aromatic N) is 1. The van der Waals surface area contributed by atoms with E-state index in [0.717, 1.165) is 16.3 Å². The molecule has 1 heterocycles. The van der Waals surface area contributed by atoms with Gasteiger partial charge in [0.25, 0.3) is 0 Å². The molecule has 1 aliphatic rings. The topological polar surface area (TPSA) is 58.6 Å². The quantitative estimate of drug-likeness (QED) is 0.931. The molecule has 5 nitrogen and oxygen atoms in total. The van der Waals surface area contributed by atoms with E-state index in [4.69, 9.17) is 4.74 Å². The minimum absolute atomic E-state index is 0.0508. The third-order valence-corrected chi connectivity index (χ3v) is 4.25. The van der Waals surface area contributed by atoms with Crippen LogP contribution >= 0.6 is 0 Å². The first kappa shape index (κ1) is 16.5. The molecule has 126 valence electrons. The number of hydrogen-bond donors (Lipinski definition) is 1. The molecule has 0 aromatic heterocycles. The standard InChI is InChI=1S/C19H22N2O3/c1-14(19(23)21-8-10-24-11-9-21)20-18(22)13-15-6-7-16-4-2-3-5-17(16)12-15/h2-7,12,14H,8-11,13H2,1H3,(H,20,22)/t14-/m0/s1. The number of nitrogens with one attached hydrogen (secondary N) is 1. The molecule has 0 radical (unpaired) electrons. The van der Waals surface area contributed by atoms with Crippen LogP contribution in [-0.4, -0.2) is 49.1 Å². The molecule has 1 aliphatic heterocycles. The van der Waals surface area contributed by atoms with Crippen LogP contribution in [0, 0.1) is 0 Å². The average molecular weight is 326 g/mol. The Hall–Kier alpha value is -2.40. The maximum atomic E-state index is 12.3. The van der Waals surface area contributed by atoms with Crippen molar-refractivity contribution in [2.24, 2.45) is 0 Å². The fourth-order valence-corrected chi connectivity index (χ4v) is 2.95. The van der Waals surface area contributed by atoms with Crippen LogP contribution in [0.25, 0.3) is 10.8 Å². The lowest BCUT2D eigenvalue weighted by molar-refractivity contribution is -0.139. The van der Waals surface area contributed by atoms with E-state index in [1.165, 1.54) is 0 Å². The molecular weight excluding hydrogens is 304 g/mol. The van der Waals surface area contributed by atoms with Crippen molar-refractivity contribution in [3.63, 3.8) is 0 Å². The van der Waals surface area contributed by atoms with Gasteiger partial charge in [0.05, 0.1) is 19.6 Å². The van der Waals surface area contributed by atoms with Crippen molar-refractivity contribution in [3.05, 3.63) is 48.0 Å². The highest BCUT2D eigenvalue weighted by Crippen LogP contribution is 2.16. The number of rotatable bonds is 4. The van der Waals surface area contributed by atoms with Crippen LogP contribution in [0.3, 0.4) is 0 Å². The average Bonchev–Trinajstić information content (AvgIpc) is 2.61. The Morgan fingerprint density at radius 3 is 2.58 bits per heavy atom. The summed E-state index contributed by atoms with van der Waals surface area (Å²) in [5, 5.41) is 5.06. The van der Waals surface area contributed by atoms with E-state index < -0.39 is 6.04 Å². The molecule has 1 saturated heterocycles. The van der Waals surface area contributed by atoms with Crippen LogP contribution in [0.4, 0.5) is 0 Å². The monoisotopic (exact) mass is 326 g/mol. The minimum Gasteiger partial charge on any atom is -0.378 e. The zero-order chi connectivity index (χ0) is 16.9. The maximum absolute atomic E-state index is 12.3. The van der Waals surface area contributed by atoms with E-state index in [0.29, 0.717) is 26.3 Å². The minimum atomic E-state index is -0.518. The molecule has 2 aromatic rings. The van der Waals surface area contributed by atoms with E-state index >= 15 is 0 Å². The van der Waals surface area contributed by atoms with Gasteiger partial charge in [0.2, 0.25) is 11.8 Å². The maximum Gasteiger partial charge on any atom is 0.245 e. The number of ether oxygens (including phenoxy) is 1. The van der Waals surface area contributed by atoms with Crippen LogP contribution < -0.4 is 5.32 Å². The van der Waals surface area contributed by atoms with Gasteiger partial charge in [-0.25, -0.2) is 0 Å². The molecule has 0 spiro atoms. The van der Waals surface area contributed by atoms with Crippen molar-refractivity contribution in [1.29, 1.82) is 0 Å². The summed E-state index contributed by atoms with van der Waals surface area (Å²) in [6.45, 7) is 4.02. The molecule has 24 heavy (non-hydrogen) atoms. The van der Waals surface area contributed by atoms with Gasteiger partial charge < -0.3 is 15.0 Å². The summed E-state index contributed by atoms with van der Waals surface area (Å²) >= 11 is 0. The number of fused-ring (bicyclic) bond motifs is 1. The summed E-state index contributed by atoms with van der Waals surface area (Å²) in [6, 6.07) is 13.5. The molecule has 3 rings (SSSR count). The zero-order valence-electron chi connectivity index (χ0n) is 13.8. The number of amides is 2. The van der Waals surface area contributed by atoms with Gasteiger partial charge in [-0.15, -0.1) is 0 Å². The van der Waals surface area contributed by atoms with Gasteiger partial charge in [-0.1, -0.05) is 42.5 Å². The van der Waals surface area contributed by atoms with Gasteiger partial charge in [-0.3, -0.25) is 9.59 Å². The van der Waals surface area contributed by atoms with E-state index in [9.17, 15) is 9.59 Å². The van der Waals surface area contributed by atoms with Gasteiger partial charge >= 0.3 is 0 Å². The van der Waals surface area contributed by atoms with Gasteiger partial charge in [-0.2, -0.15) is 0 Å². The van der Waals surface area contributed by atoms with Crippen molar-refractivity contribution < 1.29 is 14.3 Å². The summed E-state index contributed by atoms with van der Waals surface area (Å²) in [4.78, 5) is 26.3. The van der Waals surface area contributed by atoms with Crippen molar-refractivity contribution >= 4 is 22.6 Å². The van der Waals surface area contributed by atoms with Crippen molar-refractivity contribution in [1.82, 2.24) is 10.2 Å². The van der Waals surface area contributed by atoms with E-state index in [-0.39, 0.29) is 18.2 Å². The largest absolute Gasteiger partial charge is 0.378 e. The predicted octanol–water partition coefficient (Wildman–Crippen LogP) is 1.75. The Morgan fingerprint density at radius 2 is 1.83 bits per heavy atom. The Labute approximate surface area is 141 Å². The lowest BCUT2D eigenvalue weighted by atomic mass is 10.0. The lowest BCUT2D eigenvalue weighted by Crippen LogP contribution is -2.50. The molecule has 0 saturated carbocycles. The number of benzene rings is 2. The second-order valence-electron chi connectivity index (χ2n) is 6.09. The third-order valence-electron chi connectivity index (χ3n) is 4.25. The fourth-order valence-electron chi connectivity index (χ4n) is 2.95. The number of hydrogen-bond acceptors (Lipinski definition) is 3. The highest BCUT2D eigenvalue weighted by atomic mass is 16.5. The van der Waals surface area contributed by atoms with E-state index in [1.807, 2.05) is 42.5 Å². The summed E-state index contributed by atoms with van der Waals surface area (Å²) in [5.41, 5.74) is 0.942. The Morgan fingerprint density at radius 1 is 1.12 bits per heavy atom. The molecule has 1 fully saturated rings. The second-order valence-corrected chi connectivity index (χ2v) is 6.09. The number of carbonyl (C=O) groups is 2. The van der Waals surface area contributed by atoms with Crippen molar-refractivity contribution in [2.45, 2.75) is 19.4 Å². The summed E-state index contributed by atoms with van der Waals surface area (Å²) in [6.07, 6.45) is 0.269. The molecule has 1 atom stereocenters. The SMILES string of the molecule is C[C@H](NC(=O)Cc1ccc2ccccc2c1)C(=O)N1CCOCC1. The van der Waals surface area contributed by atoms with Crippen LogP contribution in [0.1, 0.15) is 12.5 Å². The molecule has 2 amide bonds. The zero-order valence-corrected chi connectivity index (χ0v) is 13.8. The second kappa shape index (κ2) is 7.45. The first-order valence-corrected chi connectivity index (χ1v) is 8.27. The predicted molar refractivity (Wildman–Crippen MR) is 92.7 cm³/mol. The van der Waals surface area contributed by atoms with Crippen molar-refractivity contribution in [2.75, 3.05) is 26.3 Å². The Bertz CT molecular complexity index is 738. The molecule has 0 aliphatic carbocycles. The third kappa shape index (κ3) is 3.92. The number of carbonyl (C=O) groups excluding carboxylic acids is 2. The van der Waals surface area contributed by atoms with Crippen LogP contribution in [0.2, 0.25) is 0 Å². The lowest BCUT2D eigenvalue weighted by Gasteiger charge is -2.29. The van der Waals surface area contributed by atoms with Crippen molar-refractivity contribution in [3.8, 4) is 0 Å². The van der Waals surface area contributed by atoms with Gasteiger partial charge in [0, 0.05) is 13.1 Å². The van der Waals surface area contributed by atoms with Crippen LogP contribution in [0.15, 0.2) is 42.5 Å².